The van der Waals surface area contributed by atoms with Gasteiger partial charge in [-0.3, -0.25) is 10.1 Å². The van der Waals surface area contributed by atoms with E-state index in [9.17, 15) is 18.5 Å². The van der Waals surface area contributed by atoms with E-state index in [1.807, 2.05) is 10.8 Å². The minimum Gasteiger partial charge on any atom is -0.448 e. The third-order valence-electron chi connectivity index (χ3n) is 5.32. The molecule has 0 amide bonds. The lowest BCUT2D eigenvalue weighted by molar-refractivity contribution is -0.385. The van der Waals surface area contributed by atoms with Crippen molar-refractivity contribution in [2.75, 3.05) is 13.1 Å². The number of hydrogen-bond acceptors (Lipinski definition) is 6. The minimum atomic E-state index is -3.76. The highest BCUT2D eigenvalue weighted by Crippen LogP contribution is 2.38. The van der Waals surface area contributed by atoms with Crippen LogP contribution in [0.5, 0.6) is 11.5 Å². The third kappa shape index (κ3) is 4.77. The zero-order chi connectivity index (χ0) is 22.7. The number of imidazole rings is 1. The van der Waals surface area contributed by atoms with Crippen molar-refractivity contribution < 1.29 is 18.1 Å². The molecule has 0 spiro atoms. The van der Waals surface area contributed by atoms with E-state index in [0.717, 1.165) is 12.8 Å². The van der Waals surface area contributed by atoms with E-state index in [1.165, 1.54) is 46.8 Å². The van der Waals surface area contributed by atoms with Gasteiger partial charge in [0, 0.05) is 44.2 Å². The van der Waals surface area contributed by atoms with Crippen molar-refractivity contribution in [3.05, 3.63) is 76.3 Å². The molecule has 1 aromatic heterocycles. The monoisotopic (exact) mass is 476 g/mol. The standard InChI is InChI=1S/C21H21ClN4O5S/c22-19-7-2-8-20(26(27)28)21(19)31-17-5-1-6-18(12-17)32(29,30)25-10-3-4-16(14-25)13-24-11-9-23-15-24/h1-2,5-9,11-12,15-16H,3-4,10,13-14H2. The molecule has 1 atom stereocenters. The van der Waals surface area contributed by atoms with E-state index in [0.29, 0.717) is 19.6 Å². The maximum absolute atomic E-state index is 13.3. The van der Waals surface area contributed by atoms with Gasteiger partial charge in [0.1, 0.15) is 5.75 Å². The zero-order valence-electron chi connectivity index (χ0n) is 17.0. The van der Waals surface area contributed by atoms with Crippen LogP contribution in [0.4, 0.5) is 5.69 Å². The predicted octanol–water partition coefficient (Wildman–Crippen LogP) is 4.34. The normalized spacial score (nSPS) is 17.2. The first-order valence-electron chi connectivity index (χ1n) is 10.0. The number of nitrogens with zero attached hydrogens (tertiary/aromatic N) is 4. The number of benzene rings is 2. The highest BCUT2D eigenvalue weighted by atomic mass is 35.5. The molecule has 4 rings (SSSR count). The SMILES string of the molecule is O=[N+]([O-])c1cccc(Cl)c1Oc1cccc(S(=O)(=O)N2CCCC(Cn3ccnc3)C2)c1. The van der Waals surface area contributed by atoms with Crippen molar-refractivity contribution in [1.29, 1.82) is 0 Å². The second-order valence-electron chi connectivity index (χ2n) is 7.55. The number of sulfonamides is 1. The van der Waals surface area contributed by atoms with Crippen LogP contribution in [0.2, 0.25) is 5.02 Å². The molecule has 2 aromatic carbocycles. The largest absolute Gasteiger partial charge is 0.448 e. The van der Waals surface area contributed by atoms with Crippen molar-refractivity contribution in [1.82, 2.24) is 13.9 Å². The Bertz CT molecular complexity index is 1220. The molecule has 0 radical (unpaired) electrons. The summed E-state index contributed by atoms with van der Waals surface area (Å²) in [6.07, 6.45) is 6.99. The minimum absolute atomic E-state index is 0.0610. The summed E-state index contributed by atoms with van der Waals surface area (Å²) < 4.78 is 35.7. The van der Waals surface area contributed by atoms with Crippen LogP contribution < -0.4 is 4.74 Å². The van der Waals surface area contributed by atoms with Crippen LogP contribution in [0.3, 0.4) is 0 Å². The summed E-state index contributed by atoms with van der Waals surface area (Å²) in [4.78, 5) is 14.8. The number of ether oxygens (including phenoxy) is 1. The molecule has 1 aliphatic heterocycles. The topological polar surface area (TPSA) is 108 Å². The number of halogens is 1. The van der Waals surface area contributed by atoms with Gasteiger partial charge in [-0.15, -0.1) is 0 Å². The van der Waals surface area contributed by atoms with E-state index in [2.05, 4.69) is 4.98 Å². The van der Waals surface area contributed by atoms with Crippen LogP contribution in [0, 0.1) is 16.0 Å². The molecule has 3 aromatic rings. The summed E-state index contributed by atoms with van der Waals surface area (Å²) in [5.74, 6) is 0.194. The summed E-state index contributed by atoms with van der Waals surface area (Å²) in [6.45, 7) is 1.54. The number of para-hydroxylation sites is 1. The van der Waals surface area contributed by atoms with Gasteiger partial charge in [-0.1, -0.05) is 23.7 Å². The molecule has 0 aliphatic carbocycles. The van der Waals surface area contributed by atoms with E-state index in [4.69, 9.17) is 16.3 Å². The maximum atomic E-state index is 13.3. The van der Waals surface area contributed by atoms with Crippen LogP contribution in [-0.4, -0.2) is 40.3 Å². The van der Waals surface area contributed by atoms with Gasteiger partial charge in [0.05, 0.1) is 21.2 Å². The first-order chi connectivity index (χ1) is 15.3. The molecule has 0 N–H and O–H groups in total. The van der Waals surface area contributed by atoms with E-state index in [-0.39, 0.29) is 33.0 Å². The van der Waals surface area contributed by atoms with Crippen LogP contribution in [-0.2, 0) is 16.6 Å². The van der Waals surface area contributed by atoms with Crippen molar-refractivity contribution in [2.45, 2.75) is 24.3 Å². The van der Waals surface area contributed by atoms with Gasteiger partial charge in [0.15, 0.2) is 0 Å². The van der Waals surface area contributed by atoms with Crippen LogP contribution >= 0.6 is 11.6 Å². The number of nitro benzene ring substituents is 1. The fourth-order valence-electron chi connectivity index (χ4n) is 3.79. The van der Waals surface area contributed by atoms with Crippen molar-refractivity contribution in [3.8, 4) is 11.5 Å². The molecule has 1 unspecified atom stereocenters. The Balaban J connectivity index is 1.55. The molecular formula is C21H21ClN4O5S. The highest BCUT2D eigenvalue weighted by Gasteiger charge is 2.31. The number of nitro groups is 1. The van der Waals surface area contributed by atoms with Crippen molar-refractivity contribution >= 4 is 27.3 Å². The summed E-state index contributed by atoms with van der Waals surface area (Å²) in [6, 6.07) is 10.1. The molecule has 11 heteroatoms. The van der Waals surface area contributed by atoms with Crippen molar-refractivity contribution in [2.24, 2.45) is 5.92 Å². The Morgan fingerprint density at radius 1 is 1.25 bits per heavy atom. The summed E-state index contributed by atoms with van der Waals surface area (Å²) in [5, 5.41) is 11.4. The van der Waals surface area contributed by atoms with Crippen molar-refractivity contribution in [3.63, 3.8) is 0 Å². The maximum Gasteiger partial charge on any atom is 0.313 e. The lowest BCUT2D eigenvalue weighted by Crippen LogP contribution is -2.40. The van der Waals surface area contributed by atoms with Gasteiger partial charge in [-0.2, -0.15) is 4.31 Å². The summed E-state index contributed by atoms with van der Waals surface area (Å²) in [5.41, 5.74) is -0.302. The molecular weight excluding hydrogens is 456 g/mol. The molecule has 0 bridgehead atoms. The Morgan fingerprint density at radius 2 is 2.06 bits per heavy atom. The molecule has 1 aliphatic rings. The second-order valence-corrected chi connectivity index (χ2v) is 9.90. The van der Waals surface area contributed by atoms with Crippen LogP contribution in [0.1, 0.15) is 12.8 Å². The van der Waals surface area contributed by atoms with E-state index in [1.54, 1.807) is 12.5 Å². The highest BCUT2D eigenvalue weighted by molar-refractivity contribution is 7.89. The summed E-state index contributed by atoms with van der Waals surface area (Å²) >= 11 is 6.09. The Hall–Kier alpha value is -2.95. The molecule has 1 fully saturated rings. The number of aromatic nitrogens is 2. The average Bonchev–Trinajstić information content (AvgIpc) is 3.28. The first-order valence-corrected chi connectivity index (χ1v) is 11.8. The number of hydrogen-bond donors (Lipinski definition) is 0. The van der Waals surface area contributed by atoms with Crippen LogP contribution in [0.25, 0.3) is 0 Å². The fraction of sp³-hybridized carbons (Fsp3) is 0.286. The smallest absolute Gasteiger partial charge is 0.313 e. The van der Waals surface area contributed by atoms with Gasteiger partial charge < -0.3 is 9.30 Å². The molecule has 1 saturated heterocycles. The van der Waals surface area contributed by atoms with Gasteiger partial charge in [0.2, 0.25) is 15.8 Å². The molecule has 32 heavy (non-hydrogen) atoms. The zero-order valence-corrected chi connectivity index (χ0v) is 18.6. The third-order valence-corrected chi connectivity index (χ3v) is 7.47. The van der Waals surface area contributed by atoms with Gasteiger partial charge >= 0.3 is 5.69 Å². The van der Waals surface area contributed by atoms with E-state index < -0.39 is 14.9 Å². The lowest BCUT2D eigenvalue weighted by atomic mass is 10.00. The Kier molecular flexibility index (Phi) is 6.45. The number of piperidine rings is 1. The molecule has 2 heterocycles. The first kappa shape index (κ1) is 22.3. The predicted molar refractivity (Wildman–Crippen MR) is 118 cm³/mol. The molecule has 9 nitrogen and oxygen atoms in total. The Labute approximate surface area is 190 Å². The summed E-state index contributed by atoms with van der Waals surface area (Å²) in [7, 11) is -3.76. The number of rotatable bonds is 7. The second kappa shape index (κ2) is 9.27. The van der Waals surface area contributed by atoms with Gasteiger partial charge in [-0.05, 0) is 37.0 Å². The van der Waals surface area contributed by atoms with Gasteiger partial charge in [-0.25, -0.2) is 13.4 Å². The average molecular weight is 477 g/mol. The Morgan fingerprint density at radius 3 is 2.81 bits per heavy atom. The van der Waals surface area contributed by atoms with Crippen LogP contribution in [0.15, 0.2) is 66.1 Å². The molecule has 0 saturated carbocycles. The lowest BCUT2D eigenvalue weighted by Gasteiger charge is -2.32. The fourth-order valence-corrected chi connectivity index (χ4v) is 5.59. The van der Waals surface area contributed by atoms with Gasteiger partial charge in [0.25, 0.3) is 0 Å². The quantitative estimate of drug-likeness (QED) is 0.371. The van der Waals surface area contributed by atoms with E-state index >= 15 is 0 Å². The molecule has 168 valence electrons.